The van der Waals surface area contributed by atoms with E-state index in [1.54, 1.807) is 0 Å². The molecule has 0 aliphatic carbocycles. The van der Waals surface area contributed by atoms with Gasteiger partial charge in [-0.15, -0.1) is 0 Å². The summed E-state index contributed by atoms with van der Waals surface area (Å²) in [7, 11) is 0. The van der Waals surface area contributed by atoms with Crippen molar-refractivity contribution in [2.45, 2.75) is 39.8 Å². The van der Waals surface area contributed by atoms with E-state index >= 15 is 0 Å². The molecular formula is C14H24N2. The third kappa shape index (κ3) is 4.77. The minimum Gasteiger partial charge on any atom is -0.315 e. The minimum absolute atomic E-state index is 0.519. The van der Waals surface area contributed by atoms with Crippen LogP contribution in [0.3, 0.4) is 0 Å². The van der Waals surface area contributed by atoms with Crippen LogP contribution in [0.2, 0.25) is 0 Å². The molecule has 1 unspecified atom stereocenters. The molecule has 0 heterocycles. The largest absolute Gasteiger partial charge is 0.315 e. The summed E-state index contributed by atoms with van der Waals surface area (Å²) in [6.07, 6.45) is 1.12. The van der Waals surface area contributed by atoms with Crippen LogP contribution >= 0.6 is 0 Å². The summed E-state index contributed by atoms with van der Waals surface area (Å²) >= 11 is 0. The summed E-state index contributed by atoms with van der Waals surface area (Å²) in [5.41, 5.74) is 2.77. The molecule has 2 heteroatoms. The molecule has 0 saturated heterocycles. The lowest BCUT2D eigenvalue weighted by Crippen LogP contribution is -2.35. The van der Waals surface area contributed by atoms with Crippen molar-refractivity contribution in [2.24, 2.45) is 0 Å². The van der Waals surface area contributed by atoms with Crippen LogP contribution in [0.25, 0.3) is 0 Å². The van der Waals surface area contributed by atoms with Crippen molar-refractivity contribution in [3.05, 3.63) is 35.4 Å². The highest BCUT2D eigenvalue weighted by Gasteiger charge is 2.00. The van der Waals surface area contributed by atoms with Gasteiger partial charge in [-0.2, -0.15) is 0 Å². The fourth-order valence-electron chi connectivity index (χ4n) is 1.62. The van der Waals surface area contributed by atoms with Crippen LogP contribution in [0.1, 0.15) is 31.9 Å². The zero-order valence-electron chi connectivity index (χ0n) is 10.7. The number of hydrogen-bond acceptors (Lipinski definition) is 2. The molecule has 1 atom stereocenters. The Kier molecular flexibility index (Phi) is 6.12. The Bertz CT molecular complexity index is 279. The van der Waals surface area contributed by atoms with Crippen molar-refractivity contribution in [1.29, 1.82) is 0 Å². The summed E-state index contributed by atoms with van der Waals surface area (Å²) < 4.78 is 0. The molecular weight excluding hydrogens is 196 g/mol. The number of benzene rings is 1. The fraction of sp³-hybridized carbons (Fsp3) is 0.571. The van der Waals surface area contributed by atoms with Gasteiger partial charge in [-0.05, 0) is 31.0 Å². The minimum atomic E-state index is 0.519. The van der Waals surface area contributed by atoms with Crippen LogP contribution in [0, 0.1) is 0 Å². The van der Waals surface area contributed by atoms with Crippen molar-refractivity contribution in [3.63, 3.8) is 0 Å². The van der Waals surface area contributed by atoms with Crippen LogP contribution in [0.15, 0.2) is 24.3 Å². The maximum atomic E-state index is 3.51. The number of nitrogens with one attached hydrogen (secondary N) is 2. The van der Waals surface area contributed by atoms with Gasteiger partial charge in [0.05, 0.1) is 0 Å². The first kappa shape index (κ1) is 13.2. The van der Waals surface area contributed by atoms with Gasteiger partial charge in [0.25, 0.3) is 0 Å². The molecule has 16 heavy (non-hydrogen) atoms. The highest BCUT2D eigenvalue weighted by Crippen LogP contribution is 2.04. The second-order valence-electron chi connectivity index (χ2n) is 4.26. The van der Waals surface area contributed by atoms with Crippen LogP contribution in [-0.4, -0.2) is 19.1 Å². The Balaban J connectivity index is 2.30. The Morgan fingerprint density at radius 1 is 1.06 bits per heavy atom. The standard InChI is InChI=1S/C14H24N2/c1-4-13-6-8-14(9-7-13)11-16-12(3)10-15-5-2/h6-9,12,15-16H,4-5,10-11H2,1-3H3. The monoisotopic (exact) mass is 220 g/mol. The molecule has 0 spiro atoms. The molecule has 0 radical (unpaired) electrons. The third-order valence-corrected chi connectivity index (χ3v) is 2.79. The number of aryl methyl sites for hydroxylation is 1. The van der Waals surface area contributed by atoms with E-state index in [-0.39, 0.29) is 0 Å². The number of likely N-dealkylation sites (N-methyl/N-ethyl adjacent to an activating group) is 1. The predicted octanol–water partition coefficient (Wildman–Crippen LogP) is 2.34. The predicted molar refractivity (Wildman–Crippen MR) is 70.7 cm³/mol. The second kappa shape index (κ2) is 7.42. The Hall–Kier alpha value is -0.860. The molecule has 2 N–H and O–H groups in total. The average molecular weight is 220 g/mol. The maximum absolute atomic E-state index is 3.51. The summed E-state index contributed by atoms with van der Waals surface area (Å²) in [4.78, 5) is 0. The van der Waals surface area contributed by atoms with Crippen molar-refractivity contribution in [3.8, 4) is 0 Å². The van der Waals surface area contributed by atoms with E-state index in [4.69, 9.17) is 0 Å². The van der Waals surface area contributed by atoms with E-state index in [9.17, 15) is 0 Å². The Morgan fingerprint density at radius 2 is 1.69 bits per heavy atom. The van der Waals surface area contributed by atoms with Gasteiger partial charge >= 0.3 is 0 Å². The van der Waals surface area contributed by atoms with Crippen LogP contribution in [0.5, 0.6) is 0 Å². The van der Waals surface area contributed by atoms with E-state index < -0.39 is 0 Å². The molecule has 0 bridgehead atoms. The van der Waals surface area contributed by atoms with Gasteiger partial charge in [-0.25, -0.2) is 0 Å². The molecule has 1 rings (SSSR count). The van der Waals surface area contributed by atoms with E-state index in [1.165, 1.54) is 11.1 Å². The highest BCUT2D eigenvalue weighted by molar-refractivity contribution is 5.22. The average Bonchev–Trinajstić information content (AvgIpc) is 2.34. The third-order valence-electron chi connectivity index (χ3n) is 2.79. The van der Waals surface area contributed by atoms with Crippen molar-refractivity contribution in [2.75, 3.05) is 13.1 Å². The summed E-state index contributed by atoms with van der Waals surface area (Å²) in [5.74, 6) is 0. The van der Waals surface area contributed by atoms with Gasteiger partial charge in [-0.3, -0.25) is 0 Å². The van der Waals surface area contributed by atoms with Crippen LogP contribution in [-0.2, 0) is 13.0 Å². The molecule has 2 nitrogen and oxygen atoms in total. The van der Waals surface area contributed by atoms with Crippen LogP contribution in [0.4, 0.5) is 0 Å². The lowest BCUT2D eigenvalue weighted by molar-refractivity contribution is 0.509. The topological polar surface area (TPSA) is 24.1 Å². The van der Waals surface area contributed by atoms with Crippen LogP contribution < -0.4 is 10.6 Å². The van der Waals surface area contributed by atoms with Gasteiger partial charge in [-0.1, -0.05) is 38.1 Å². The van der Waals surface area contributed by atoms with Gasteiger partial charge in [0.15, 0.2) is 0 Å². The normalized spacial score (nSPS) is 12.7. The zero-order valence-corrected chi connectivity index (χ0v) is 10.7. The van der Waals surface area contributed by atoms with Gasteiger partial charge in [0.1, 0.15) is 0 Å². The summed E-state index contributed by atoms with van der Waals surface area (Å²) in [5, 5.41) is 6.85. The van der Waals surface area contributed by atoms with Gasteiger partial charge in [0, 0.05) is 19.1 Å². The first-order chi connectivity index (χ1) is 7.76. The fourth-order valence-corrected chi connectivity index (χ4v) is 1.62. The zero-order chi connectivity index (χ0) is 11.8. The molecule has 0 saturated carbocycles. The lowest BCUT2D eigenvalue weighted by atomic mass is 10.1. The Labute approximate surface area is 99.5 Å². The second-order valence-corrected chi connectivity index (χ2v) is 4.26. The number of hydrogen-bond donors (Lipinski definition) is 2. The van der Waals surface area contributed by atoms with Gasteiger partial charge < -0.3 is 10.6 Å². The first-order valence-corrected chi connectivity index (χ1v) is 6.28. The number of rotatable bonds is 7. The van der Waals surface area contributed by atoms with E-state index in [1.807, 2.05) is 0 Å². The van der Waals surface area contributed by atoms with Gasteiger partial charge in [0.2, 0.25) is 0 Å². The molecule has 0 amide bonds. The molecule has 90 valence electrons. The summed E-state index contributed by atoms with van der Waals surface area (Å²) in [6, 6.07) is 9.38. The molecule has 1 aromatic rings. The van der Waals surface area contributed by atoms with Crippen molar-refractivity contribution >= 4 is 0 Å². The quantitative estimate of drug-likeness (QED) is 0.737. The van der Waals surface area contributed by atoms with E-state index in [2.05, 4.69) is 55.7 Å². The molecule has 0 aliphatic heterocycles. The molecule has 0 aliphatic rings. The first-order valence-electron chi connectivity index (χ1n) is 6.28. The Morgan fingerprint density at radius 3 is 2.25 bits per heavy atom. The van der Waals surface area contributed by atoms with E-state index in [0.29, 0.717) is 6.04 Å². The molecule has 0 aromatic heterocycles. The van der Waals surface area contributed by atoms with E-state index in [0.717, 1.165) is 26.1 Å². The van der Waals surface area contributed by atoms with Crippen molar-refractivity contribution < 1.29 is 0 Å². The summed E-state index contributed by atoms with van der Waals surface area (Å²) in [6.45, 7) is 9.56. The molecule has 1 aromatic carbocycles. The maximum Gasteiger partial charge on any atom is 0.0208 e. The lowest BCUT2D eigenvalue weighted by Gasteiger charge is -2.14. The highest BCUT2D eigenvalue weighted by atomic mass is 15.0. The molecule has 0 fully saturated rings. The van der Waals surface area contributed by atoms with Crippen molar-refractivity contribution in [1.82, 2.24) is 10.6 Å². The smallest absolute Gasteiger partial charge is 0.0208 e. The SMILES string of the molecule is CCNCC(C)NCc1ccc(CC)cc1.